The van der Waals surface area contributed by atoms with Crippen LogP contribution in [0.15, 0.2) is 29.8 Å². The van der Waals surface area contributed by atoms with E-state index in [0.29, 0.717) is 6.54 Å². The summed E-state index contributed by atoms with van der Waals surface area (Å²) in [4.78, 5) is 5.56. The lowest BCUT2D eigenvalue weighted by atomic mass is 9.90. The maximum absolute atomic E-state index is 5.72. The zero-order valence-corrected chi connectivity index (χ0v) is 12.8. The van der Waals surface area contributed by atoms with Gasteiger partial charge in [0, 0.05) is 17.5 Å². The number of fused-ring (bicyclic) bond motifs is 2. The molecule has 2 aromatic heterocycles. The molecule has 0 unspecified atom stereocenters. The zero-order chi connectivity index (χ0) is 14.2. The van der Waals surface area contributed by atoms with Crippen molar-refractivity contribution in [1.29, 1.82) is 0 Å². The Morgan fingerprint density at radius 1 is 1.19 bits per heavy atom. The third-order valence-electron chi connectivity index (χ3n) is 4.36. The van der Waals surface area contributed by atoms with Crippen LogP contribution in [0.25, 0.3) is 16.2 Å². The van der Waals surface area contributed by atoms with Crippen LogP contribution in [0.1, 0.15) is 29.7 Å². The van der Waals surface area contributed by atoms with Crippen LogP contribution in [0.5, 0.6) is 0 Å². The van der Waals surface area contributed by atoms with E-state index in [2.05, 4.69) is 33.0 Å². The lowest BCUT2D eigenvalue weighted by Gasteiger charge is -2.16. The third-order valence-corrected chi connectivity index (χ3v) is 5.20. The minimum atomic E-state index is 0.660. The van der Waals surface area contributed by atoms with E-state index in [1.807, 2.05) is 6.20 Å². The Morgan fingerprint density at radius 2 is 2.05 bits per heavy atom. The SMILES string of the molecule is NCCc1cnc2scc(-c3ccc4c(c3)CCCC4)n12. The number of aromatic nitrogens is 2. The van der Waals surface area contributed by atoms with Gasteiger partial charge in [-0.1, -0.05) is 12.1 Å². The maximum Gasteiger partial charge on any atom is 0.194 e. The molecule has 2 N–H and O–H groups in total. The highest BCUT2D eigenvalue weighted by atomic mass is 32.1. The molecule has 21 heavy (non-hydrogen) atoms. The average molecular weight is 297 g/mol. The monoisotopic (exact) mass is 297 g/mol. The minimum absolute atomic E-state index is 0.660. The fourth-order valence-corrected chi connectivity index (χ4v) is 4.18. The van der Waals surface area contributed by atoms with Gasteiger partial charge >= 0.3 is 0 Å². The van der Waals surface area contributed by atoms with Gasteiger partial charge in [0.15, 0.2) is 4.96 Å². The molecular formula is C17H19N3S. The molecule has 0 radical (unpaired) electrons. The zero-order valence-electron chi connectivity index (χ0n) is 12.0. The van der Waals surface area contributed by atoms with E-state index in [1.165, 1.54) is 53.8 Å². The Balaban J connectivity index is 1.84. The lowest BCUT2D eigenvalue weighted by molar-refractivity contribution is 0.686. The topological polar surface area (TPSA) is 43.3 Å². The van der Waals surface area contributed by atoms with E-state index in [9.17, 15) is 0 Å². The van der Waals surface area contributed by atoms with Gasteiger partial charge in [-0.25, -0.2) is 4.98 Å². The van der Waals surface area contributed by atoms with E-state index in [-0.39, 0.29) is 0 Å². The average Bonchev–Trinajstić information content (AvgIpc) is 3.10. The Morgan fingerprint density at radius 3 is 2.90 bits per heavy atom. The van der Waals surface area contributed by atoms with Crippen LogP contribution >= 0.6 is 11.3 Å². The van der Waals surface area contributed by atoms with Crippen molar-refractivity contribution in [3.63, 3.8) is 0 Å². The smallest absolute Gasteiger partial charge is 0.194 e. The van der Waals surface area contributed by atoms with Crippen molar-refractivity contribution < 1.29 is 0 Å². The Hall–Kier alpha value is -1.65. The van der Waals surface area contributed by atoms with Crippen molar-refractivity contribution >= 4 is 16.3 Å². The number of hydrogen-bond donors (Lipinski definition) is 1. The summed E-state index contributed by atoms with van der Waals surface area (Å²) in [6.07, 6.45) is 7.93. The molecule has 0 aliphatic heterocycles. The van der Waals surface area contributed by atoms with Gasteiger partial charge in [-0.2, -0.15) is 0 Å². The van der Waals surface area contributed by atoms with Crippen molar-refractivity contribution in [2.24, 2.45) is 5.73 Å². The molecular weight excluding hydrogens is 278 g/mol. The molecule has 1 aromatic carbocycles. The molecule has 1 aliphatic carbocycles. The molecule has 4 rings (SSSR count). The molecule has 1 aliphatic rings. The first-order valence-corrected chi connectivity index (χ1v) is 8.51. The Labute approximate surface area is 128 Å². The summed E-state index contributed by atoms with van der Waals surface area (Å²) in [5.41, 5.74) is 12.5. The van der Waals surface area contributed by atoms with Gasteiger partial charge in [0.25, 0.3) is 0 Å². The summed E-state index contributed by atoms with van der Waals surface area (Å²) in [7, 11) is 0. The van der Waals surface area contributed by atoms with E-state index in [0.717, 1.165) is 11.4 Å². The Kier molecular flexibility index (Phi) is 3.28. The largest absolute Gasteiger partial charge is 0.330 e. The predicted molar refractivity (Wildman–Crippen MR) is 87.9 cm³/mol. The van der Waals surface area contributed by atoms with Gasteiger partial charge in [0.2, 0.25) is 0 Å². The molecule has 4 heteroatoms. The van der Waals surface area contributed by atoms with Crippen molar-refractivity contribution in [2.45, 2.75) is 32.1 Å². The number of hydrogen-bond acceptors (Lipinski definition) is 3. The first-order valence-electron chi connectivity index (χ1n) is 7.63. The van der Waals surface area contributed by atoms with Gasteiger partial charge < -0.3 is 5.73 Å². The first-order chi connectivity index (χ1) is 10.4. The summed E-state index contributed by atoms with van der Waals surface area (Å²) in [5.74, 6) is 0. The summed E-state index contributed by atoms with van der Waals surface area (Å²) in [5, 5.41) is 2.22. The molecule has 0 atom stereocenters. The predicted octanol–water partition coefficient (Wildman–Crippen LogP) is 3.44. The van der Waals surface area contributed by atoms with Crippen LogP contribution in [0.3, 0.4) is 0 Å². The van der Waals surface area contributed by atoms with E-state index < -0.39 is 0 Å². The summed E-state index contributed by atoms with van der Waals surface area (Å²) in [6, 6.07) is 6.95. The summed E-state index contributed by atoms with van der Waals surface area (Å²) >= 11 is 1.70. The molecule has 3 nitrogen and oxygen atoms in total. The fraction of sp³-hybridized carbons (Fsp3) is 0.353. The van der Waals surface area contributed by atoms with Crippen molar-refractivity contribution in [2.75, 3.05) is 6.54 Å². The van der Waals surface area contributed by atoms with Crippen molar-refractivity contribution in [3.05, 3.63) is 46.6 Å². The highest BCUT2D eigenvalue weighted by Crippen LogP contribution is 2.31. The molecule has 0 saturated carbocycles. The molecule has 0 bridgehead atoms. The number of nitrogens with zero attached hydrogens (tertiary/aromatic N) is 2. The van der Waals surface area contributed by atoms with Crippen LogP contribution in [-0.2, 0) is 19.3 Å². The van der Waals surface area contributed by atoms with Crippen LogP contribution in [-0.4, -0.2) is 15.9 Å². The number of imidazole rings is 1. The number of thiazole rings is 1. The van der Waals surface area contributed by atoms with Gasteiger partial charge in [-0.3, -0.25) is 4.40 Å². The van der Waals surface area contributed by atoms with E-state index >= 15 is 0 Å². The van der Waals surface area contributed by atoms with Gasteiger partial charge in [-0.15, -0.1) is 11.3 Å². The maximum atomic E-state index is 5.72. The number of nitrogens with two attached hydrogens (primary N) is 1. The molecule has 0 fully saturated rings. The van der Waals surface area contributed by atoms with Crippen molar-refractivity contribution in [1.82, 2.24) is 9.38 Å². The van der Waals surface area contributed by atoms with Crippen molar-refractivity contribution in [3.8, 4) is 11.3 Å². The summed E-state index contributed by atoms with van der Waals surface area (Å²) in [6.45, 7) is 0.660. The normalized spacial score (nSPS) is 14.5. The molecule has 0 amide bonds. The van der Waals surface area contributed by atoms with Gasteiger partial charge in [0.05, 0.1) is 11.9 Å². The lowest BCUT2D eigenvalue weighted by Crippen LogP contribution is -2.05. The van der Waals surface area contributed by atoms with Crippen LogP contribution in [0, 0.1) is 0 Å². The van der Waals surface area contributed by atoms with Crippen LogP contribution in [0.2, 0.25) is 0 Å². The standard InChI is InChI=1S/C17H19N3S/c18-8-7-15-10-19-17-20(15)16(11-21-17)14-6-5-12-3-1-2-4-13(12)9-14/h5-6,9-11H,1-4,7-8,18H2. The molecule has 0 spiro atoms. The molecule has 0 saturated heterocycles. The van der Waals surface area contributed by atoms with Crippen LogP contribution in [0.4, 0.5) is 0 Å². The Bertz CT molecular complexity index is 785. The molecule has 3 aromatic rings. The minimum Gasteiger partial charge on any atom is -0.330 e. The van der Waals surface area contributed by atoms with Gasteiger partial charge in [0.1, 0.15) is 0 Å². The highest BCUT2D eigenvalue weighted by molar-refractivity contribution is 7.15. The number of aryl methyl sites for hydroxylation is 2. The third kappa shape index (κ3) is 2.19. The summed E-state index contributed by atoms with van der Waals surface area (Å²) < 4.78 is 2.27. The fourth-order valence-electron chi connectivity index (χ4n) is 3.28. The highest BCUT2D eigenvalue weighted by Gasteiger charge is 2.14. The van der Waals surface area contributed by atoms with Gasteiger partial charge in [-0.05, 0) is 55.0 Å². The number of rotatable bonds is 3. The van der Waals surface area contributed by atoms with E-state index in [4.69, 9.17) is 5.73 Å². The second kappa shape index (κ2) is 5.28. The quantitative estimate of drug-likeness (QED) is 0.804. The molecule has 108 valence electrons. The first kappa shape index (κ1) is 13.0. The number of benzene rings is 1. The second-order valence-electron chi connectivity index (χ2n) is 5.72. The van der Waals surface area contributed by atoms with E-state index in [1.54, 1.807) is 11.3 Å². The molecule has 2 heterocycles. The van der Waals surface area contributed by atoms with Crippen LogP contribution < -0.4 is 5.73 Å². The second-order valence-corrected chi connectivity index (χ2v) is 6.55.